The summed E-state index contributed by atoms with van der Waals surface area (Å²) in [6, 6.07) is 0. The Morgan fingerprint density at radius 1 is 0.953 bits per heavy atom. The Kier molecular flexibility index (Phi) is 5.51. The molecule has 4 heterocycles. The Morgan fingerprint density at radius 3 is 2.47 bits per heavy atom. The van der Waals surface area contributed by atoms with Crippen LogP contribution in [0.15, 0.2) is 11.6 Å². The summed E-state index contributed by atoms with van der Waals surface area (Å²) in [6.07, 6.45) is 7.24. The van der Waals surface area contributed by atoms with E-state index in [1.54, 1.807) is 5.57 Å². The molecule has 8 heteroatoms. The minimum absolute atomic E-state index is 0.0273. The van der Waals surface area contributed by atoms with Crippen molar-refractivity contribution in [2.45, 2.75) is 147 Å². The Bertz CT molecular complexity index is 1270. The van der Waals surface area contributed by atoms with Gasteiger partial charge in [-0.25, -0.2) is 0 Å². The fourth-order valence-corrected chi connectivity index (χ4v) is 13.4. The van der Waals surface area contributed by atoms with E-state index in [9.17, 15) is 15.3 Å². The van der Waals surface area contributed by atoms with Gasteiger partial charge >= 0.3 is 0 Å². The number of ether oxygens (including phenoxy) is 5. The summed E-state index contributed by atoms with van der Waals surface area (Å²) < 4.78 is 31.8. The van der Waals surface area contributed by atoms with Crippen LogP contribution in [0.5, 0.6) is 0 Å². The van der Waals surface area contributed by atoms with E-state index < -0.39 is 30.4 Å². The van der Waals surface area contributed by atoms with Gasteiger partial charge in [0.05, 0.1) is 25.4 Å². The zero-order valence-electron chi connectivity index (χ0n) is 26.8. The molecule has 9 rings (SSSR count). The van der Waals surface area contributed by atoms with Gasteiger partial charge in [-0.15, -0.1) is 0 Å². The highest BCUT2D eigenvalue weighted by atomic mass is 16.8. The highest BCUT2D eigenvalue weighted by molar-refractivity contribution is 5.46. The summed E-state index contributed by atoms with van der Waals surface area (Å²) in [5, 5.41) is 30.8. The van der Waals surface area contributed by atoms with Gasteiger partial charge in [0.25, 0.3) is 0 Å². The minimum Gasteiger partial charge on any atom is -0.388 e. The predicted octanol–water partition coefficient (Wildman–Crippen LogP) is 4.09. The lowest BCUT2D eigenvalue weighted by Crippen LogP contribution is -2.58. The van der Waals surface area contributed by atoms with Gasteiger partial charge in [0.2, 0.25) is 0 Å². The standard InChI is InChI=1S/C35H52O8/c1-18-13-35(28-32(6,43-28)17-40-35)42-20-14-31(5)22-8-7-21-29(2,3)23(41-27-26(38)25(37)19(36)15-39-27)9-10-33(21)16-34(22,33)12-11-30(31,4)24(18)20/h8,18-21,23-28,36-38H,7,9-17H2,1-6H3/t18-,19-,20+,21+,23+,24+,25+,26-,27+,28+,30-,31+,32+,33-,34+,35+/m1/s1. The molecule has 0 bridgehead atoms. The predicted molar refractivity (Wildman–Crippen MR) is 155 cm³/mol. The molecule has 16 atom stereocenters. The molecule has 5 aliphatic carbocycles. The summed E-state index contributed by atoms with van der Waals surface area (Å²) in [4.78, 5) is 0. The molecule has 4 saturated heterocycles. The molecule has 3 spiro atoms. The summed E-state index contributed by atoms with van der Waals surface area (Å²) in [5.41, 5.74) is 2.34. The maximum absolute atomic E-state index is 10.6. The zero-order chi connectivity index (χ0) is 30.2. The molecule has 8 nitrogen and oxygen atoms in total. The van der Waals surface area contributed by atoms with Crippen LogP contribution < -0.4 is 0 Å². The van der Waals surface area contributed by atoms with Crippen molar-refractivity contribution in [1.82, 2.24) is 0 Å². The Balaban J connectivity index is 1.00. The van der Waals surface area contributed by atoms with Crippen molar-refractivity contribution in [1.29, 1.82) is 0 Å². The molecule has 8 fully saturated rings. The van der Waals surface area contributed by atoms with Gasteiger partial charge < -0.3 is 39.0 Å². The average molecular weight is 601 g/mol. The molecule has 4 saturated carbocycles. The molecule has 0 aromatic heterocycles. The van der Waals surface area contributed by atoms with Crippen LogP contribution in [0.25, 0.3) is 0 Å². The third-order valence-corrected chi connectivity index (χ3v) is 15.6. The van der Waals surface area contributed by atoms with Crippen LogP contribution in [0.3, 0.4) is 0 Å². The third kappa shape index (κ3) is 3.22. The number of fused-ring (bicyclic) bond motifs is 6. The van der Waals surface area contributed by atoms with Crippen molar-refractivity contribution in [2.24, 2.45) is 44.8 Å². The van der Waals surface area contributed by atoms with E-state index in [1.807, 2.05) is 0 Å². The summed E-state index contributed by atoms with van der Waals surface area (Å²) in [7, 11) is 0. The first kappa shape index (κ1) is 28.6. The number of hydrogen-bond acceptors (Lipinski definition) is 8. The quantitative estimate of drug-likeness (QED) is 0.321. The van der Waals surface area contributed by atoms with E-state index in [2.05, 4.69) is 47.6 Å². The zero-order valence-corrected chi connectivity index (χ0v) is 26.8. The first-order valence-corrected chi connectivity index (χ1v) is 17.2. The van der Waals surface area contributed by atoms with Gasteiger partial charge in [-0.3, -0.25) is 0 Å². The van der Waals surface area contributed by atoms with Crippen LogP contribution in [-0.4, -0.2) is 82.8 Å². The first-order valence-electron chi connectivity index (χ1n) is 17.2. The number of allylic oxidation sites excluding steroid dienone is 2. The van der Waals surface area contributed by atoms with Crippen LogP contribution in [0.1, 0.15) is 92.9 Å². The molecule has 0 radical (unpaired) electrons. The summed E-state index contributed by atoms with van der Waals surface area (Å²) >= 11 is 0. The van der Waals surface area contributed by atoms with Crippen LogP contribution in [0.2, 0.25) is 0 Å². The number of epoxide rings is 1. The highest BCUT2D eigenvalue weighted by Crippen LogP contribution is 2.88. The molecular weight excluding hydrogens is 548 g/mol. The number of aliphatic hydroxyl groups is 3. The topological polar surface area (TPSA) is 110 Å². The van der Waals surface area contributed by atoms with Gasteiger partial charge in [0.15, 0.2) is 12.1 Å². The molecule has 0 aromatic carbocycles. The normalized spacial score (nSPS) is 64.1. The van der Waals surface area contributed by atoms with Crippen molar-refractivity contribution < 1.29 is 39.0 Å². The second-order valence-electron chi connectivity index (χ2n) is 17.8. The Morgan fingerprint density at radius 2 is 1.74 bits per heavy atom. The van der Waals surface area contributed by atoms with Crippen molar-refractivity contribution >= 4 is 0 Å². The van der Waals surface area contributed by atoms with Crippen molar-refractivity contribution in [2.75, 3.05) is 13.2 Å². The second-order valence-corrected chi connectivity index (χ2v) is 17.8. The van der Waals surface area contributed by atoms with Crippen LogP contribution in [0.4, 0.5) is 0 Å². The van der Waals surface area contributed by atoms with E-state index >= 15 is 0 Å². The van der Waals surface area contributed by atoms with Gasteiger partial charge in [-0.2, -0.15) is 0 Å². The Labute approximate surface area is 255 Å². The lowest BCUT2D eigenvalue weighted by Gasteiger charge is -2.60. The molecule has 0 amide bonds. The van der Waals surface area contributed by atoms with Crippen molar-refractivity contribution in [3.63, 3.8) is 0 Å². The number of hydrogen-bond donors (Lipinski definition) is 3. The van der Waals surface area contributed by atoms with Gasteiger partial charge in [0, 0.05) is 6.42 Å². The maximum atomic E-state index is 10.6. The molecule has 0 aromatic rings. The fourth-order valence-electron chi connectivity index (χ4n) is 13.4. The van der Waals surface area contributed by atoms with E-state index in [-0.39, 0.29) is 52.2 Å². The smallest absolute Gasteiger partial charge is 0.198 e. The molecule has 0 unspecified atom stereocenters. The molecular formula is C35H52O8. The van der Waals surface area contributed by atoms with Gasteiger partial charge in [-0.05, 0) is 96.7 Å². The fraction of sp³-hybridized carbons (Fsp3) is 0.943. The van der Waals surface area contributed by atoms with Crippen molar-refractivity contribution in [3.8, 4) is 0 Å². The Hall–Kier alpha value is -0.580. The summed E-state index contributed by atoms with van der Waals surface area (Å²) in [5.74, 6) is 0.983. The van der Waals surface area contributed by atoms with E-state index in [0.29, 0.717) is 29.8 Å². The van der Waals surface area contributed by atoms with Crippen LogP contribution >= 0.6 is 0 Å². The lowest BCUT2D eigenvalue weighted by atomic mass is 9.45. The molecule has 4 aliphatic heterocycles. The molecule has 43 heavy (non-hydrogen) atoms. The largest absolute Gasteiger partial charge is 0.388 e. The second kappa shape index (κ2) is 8.28. The highest BCUT2D eigenvalue weighted by Gasteiger charge is 2.82. The van der Waals surface area contributed by atoms with Crippen LogP contribution in [-0.2, 0) is 23.7 Å². The molecule has 3 N–H and O–H groups in total. The maximum Gasteiger partial charge on any atom is 0.198 e. The average Bonchev–Trinajstić information content (AvgIpc) is 3.77. The molecule has 9 aliphatic rings. The van der Waals surface area contributed by atoms with Gasteiger partial charge in [0.1, 0.15) is 30.0 Å². The minimum atomic E-state index is -1.25. The third-order valence-electron chi connectivity index (χ3n) is 15.6. The number of rotatable bonds is 2. The SMILES string of the molecule is C[C@@H]1C[C@]2(OC[C@]3(C)O[C@H]23)O[C@H]2C[C@@]3(C)C4=CC[C@H]5C(C)(C)[C@@H](O[C@@H]6OC[C@@H](O)[C@H](O)[C@H]6O)CC[C@@]56C[C@@]46CC[C@]3(C)[C@@H]12. The van der Waals surface area contributed by atoms with Crippen LogP contribution in [0, 0.1) is 44.8 Å². The number of aliphatic hydroxyl groups excluding tert-OH is 3. The first-order chi connectivity index (χ1) is 20.2. The monoisotopic (exact) mass is 600 g/mol. The van der Waals surface area contributed by atoms with Gasteiger partial charge in [-0.1, -0.05) is 46.3 Å². The summed E-state index contributed by atoms with van der Waals surface area (Å²) in [6.45, 7) is 15.1. The van der Waals surface area contributed by atoms with E-state index in [1.165, 1.54) is 19.3 Å². The lowest BCUT2D eigenvalue weighted by molar-refractivity contribution is -0.304. The van der Waals surface area contributed by atoms with E-state index in [4.69, 9.17) is 23.7 Å². The van der Waals surface area contributed by atoms with E-state index in [0.717, 1.165) is 32.1 Å². The molecule has 240 valence electrons. The van der Waals surface area contributed by atoms with Crippen molar-refractivity contribution in [3.05, 3.63) is 11.6 Å².